The Morgan fingerprint density at radius 1 is 1.29 bits per heavy atom. The van der Waals surface area contributed by atoms with Crippen LogP contribution >= 0.6 is 0 Å². The zero-order valence-electron chi connectivity index (χ0n) is 3.89. The van der Waals surface area contributed by atoms with E-state index in [-0.39, 0.29) is 0 Å². The molecule has 7 heavy (non-hydrogen) atoms. The lowest BCUT2D eigenvalue weighted by atomic mass is 10.2. The van der Waals surface area contributed by atoms with Gasteiger partial charge in [-0.15, -0.1) is 0 Å². The van der Waals surface area contributed by atoms with Crippen molar-refractivity contribution in [3.8, 4) is 0 Å². The molecule has 0 aromatic heterocycles. The zero-order valence-corrected chi connectivity index (χ0v) is 3.89. The number of hydrogen-bond donors (Lipinski definition) is 1. The van der Waals surface area contributed by atoms with Gasteiger partial charge in [-0.3, -0.25) is 5.32 Å². The van der Waals surface area contributed by atoms with Crippen LogP contribution in [0.25, 0.3) is 0 Å². The standard InChI is InChI=1S/C6H6N/c1-2-6-4-3-5(1)7-6/h1-5,7H. The Kier molecular flexibility index (Phi) is 0.484. The van der Waals surface area contributed by atoms with E-state index in [1.165, 1.54) is 6.04 Å². The zero-order chi connectivity index (χ0) is 4.69. The molecule has 0 fully saturated rings. The van der Waals surface area contributed by atoms with Crippen molar-refractivity contribution in [3.63, 3.8) is 0 Å². The first kappa shape index (κ1) is 3.44. The molecule has 0 saturated heterocycles. The van der Waals surface area contributed by atoms with Crippen LogP contribution in [0.5, 0.6) is 0 Å². The highest BCUT2D eigenvalue weighted by Gasteiger charge is 2.18. The maximum atomic E-state index is 3.22. The fourth-order valence-electron chi connectivity index (χ4n) is 0.919. The molecule has 0 amide bonds. The minimum Gasteiger partial charge on any atom is -0.293 e. The van der Waals surface area contributed by atoms with Gasteiger partial charge in [0.15, 0.2) is 0 Å². The van der Waals surface area contributed by atoms with Crippen LogP contribution in [-0.2, 0) is 0 Å². The Labute approximate surface area is 42.7 Å². The van der Waals surface area contributed by atoms with Crippen molar-refractivity contribution in [2.75, 3.05) is 0 Å². The smallest absolute Gasteiger partial charge is 0.0817 e. The maximum absolute atomic E-state index is 3.22. The molecule has 1 heteroatoms. The molecule has 2 aliphatic heterocycles. The Morgan fingerprint density at radius 2 is 2.00 bits per heavy atom. The topological polar surface area (TPSA) is 12.0 Å². The first-order valence-corrected chi connectivity index (χ1v) is 2.45. The van der Waals surface area contributed by atoms with Crippen LogP contribution in [0.3, 0.4) is 0 Å². The fraction of sp³-hybridized carbons (Fsp3) is 0.167. The largest absolute Gasteiger partial charge is 0.293 e. The predicted octanol–water partition coefficient (Wildman–Crippen LogP) is 0.616. The molecule has 2 aliphatic rings. The summed E-state index contributed by atoms with van der Waals surface area (Å²) in [4.78, 5) is 0. The quantitative estimate of drug-likeness (QED) is 0.461. The third-order valence-corrected chi connectivity index (χ3v) is 1.30. The van der Waals surface area contributed by atoms with Gasteiger partial charge < -0.3 is 0 Å². The maximum Gasteiger partial charge on any atom is 0.0817 e. The Morgan fingerprint density at radius 3 is 2.14 bits per heavy atom. The number of hydrogen-bond acceptors (Lipinski definition) is 1. The van der Waals surface area contributed by atoms with Gasteiger partial charge in [0, 0.05) is 6.04 Å². The highest BCUT2D eigenvalue weighted by Crippen LogP contribution is 2.18. The summed E-state index contributed by atoms with van der Waals surface area (Å²) in [6.07, 6.45) is 8.50. The lowest BCUT2D eigenvalue weighted by Crippen LogP contribution is -2.14. The molecule has 0 aromatic rings. The third-order valence-electron chi connectivity index (χ3n) is 1.30. The molecule has 1 N–H and O–H groups in total. The van der Waals surface area contributed by atoms with Gasteiger partial charge in [-0.1, -0.05) is 24.3 Å². The highest BCUT2D eigenvalue weighted by atomic mass is 15.0. The summed E-state index contributed by atoms with van der Waals surface area (Å²) in [6.45, 7) is 0. The summed E-state index contributed by atoms with van der Waals surface area (Å²) in [5.74, 6) is 0. The van der Waals surface area contributed by atoms with Crippen LogP contribution < -0.4 is 5.32 Å². The van der Waals surface area contributed by atoms with Crippen LogP contribution in [0.15, 0.2) is 24.3 Å². The molecule has 2 bridgehead atoms. The Bertz CT molecular complexity index is 107. The lowest BCUT2D eigenvalue weighted by molar-refractivity contribution is 0.840. The fourth-order valence-corrected chi connectivity index (χ4v) is 0.919. The normalized spacial score (nSPS) is 28.0. The molecule has 0 atom stereocenters. The number of nitrogens with one attached hydrogen (secondary N) is 1. The van der Waals surface area contributed by atoms with Crippen molar-refractivity contribution in [2.24, 2.45) is 0 Å². The van der Waals surface area contributed by atoms with E-state index in [0.717, 1.165) is 0 Å². The van der Waals surface area contributed by atoms with Gasteiger partial charge in [0.2, 0.25) is 0 Å². The van der Waals surface area contributed by atoms with Gasteiger partial charge in [-0.25, -0.2) is 0 Å². The second kappa shape index (κ2) is 0.984. The van der Waals surface area contributed by atoms with E-state index in [2.05, 4.69) is 29.6 Å². The summed E-state index contributed by atoms with van der Waals surface area (Å²) < 4.78 is 0. The summed E-state index contributed by atoms with van der Waals surface area (Å²) in [5.41, 5.74) is 0. The summed E-state index contributed by atoms with van der Waals surface area (Å²) in [7, 11) is 0. The molecule has 0 unspecified atom stereocenters. The van der Waals surface area contributed by atoms with Gasteiger partial charge in [0.05, 0.1) is 6.04 Å². The minimum absolute atomic E-state index is 0.523. The van der Waals surface area contributed by atoms with E-state index in [1.54, 1.807) is 0 Å². The van der Waals surface area contributed by atoms with Gasteiger partial charge >= 0.3 is 0 Å². The molecule has 0 spiro atoms. The average molecular weight is 92.1 g/mol. The summed E-state index contributed by atoms with van der Waals surface area (Å²) in [6, 6.07) is 1.78. The Balaban J connectivity index is 2.38. The van der Waals surface area contributed by atoms with Crippen molar-refractivity contribution >= 4 is 0 Å². The molecule has 0 saturated carbocycles. The molecular weight excluding hydrogens is 86.1 g/mol. The number of rotatable bonds is 0. The molecule has 1 radical (unpaired) electrons. The van der Waals surface area contributed by atoms with Crippen molar-refractivity contribution in [3.05, 3.63) is 30.3 Å². The molecule has 1 nitrogen and oxygen atoms in total. The van der Waals surface area contributed by atoms with Crippen molar-refractivity contribution < 1.29 is 0 Å². The van der Waals surface area contributed by atoms with E-state index in [1.807, 2.05) is 0 Å². The third kappa shape index (κ3) is 0.356. The van der Waals surface area contributed by atoms with Crippen LogP contribution in [0.1, 0.15) is 0 Å². The van der Waals surface area contributed by atoms with E-state index in [0.29, 0.717) is 6.04 Å². The van der Waals surface area contributed by atoms with Crippen LogP contribution in [0.4, 0.5) is 0 Å². The van der Waals surface area contributed by atoms with Crippen molar-refractivity contribution in [1.82, 2.24) is 5.32 Å². The molecular formula is C6H6N. The molecule has 35 valence electrons. The molecule has 0 aliphatic carbocycles. The van der Waals surface area contributed by atoms with E-state index < -0.39 is 0 Å². The first-order valence-electron chi connectivity index (χ1n) is 2.45. The van der Waals surface area contributed by atoms with Crippen LogP contribution in [-0.4, -0.2) is 6.04 Å². The average Bonchev–Trinajstić information content (AvgIpc) is 2.22. The first-order chi connectivity index (χ1) is 3.45. The van der Waals surface area contributed by atoms with E-state index >= 15 is 0 Å². The molecule has 2 heterocycles. The summed E-state index contributed by atoms with van der Waals surface area (Å²) in [5, 5.41) is 3.22. The van der Waals surface area contributed by atoms with Crippen molar-refractivity contribution in [1.29, 1.82) is 0 Å². The minimum atomic E-state index is 0.523. The predicted molar refractivity (Wildman–Crippen MR) is 28.4 cm³/mol. The SMILES string of the molecule is C1=CC2C=C[C]1N2. The van der Waals surface area contributed by atoms with Crippen molar-refractivity contribution in [2.45, 2.75) is 6.04 Å². The Hall–Kier alpha value is -0.560. The number of fused-ring (bicyclic) bond motifs is 2. The second-order valence-corrected chi connectivity index (χ2v) is 1.84. The van der Waals surface area contributed by atoms with Crippen LogP contribution in [0, 0.1) is 6.04 Å². The summed E-state index contributed by atoms with van der Waals surface area (Å²) >= 11 is 0. The lowest BCUT2D eigenvalue weighted by Gasteiger charge is -1.93. The van der Waals surface area contributed by atoms with E-state index in [4.69, 9.17) is 0 Å². The van der Waals surface area contributed by atoms with Crippen LogP contribution in [0.2, 0.25) is 0 Å². The molecule has 2 rings (SSSR count). The van der Waals surface area contributed by atoms with Gasteiger partial charge in [0.1, 0.15) is 0 Å². The molecule has 0 aromatic carbocycles. The van der Waals surface area contributed by atoms with E-state index in [9.17, 15) is 0 Å². The van der Waals surface area contributed by atoms with Gasteiger partial charge in [-0.05, 0) is 0 Å². The highest BCUT2D eigenvalue weighted by molar-refractivity contribution is 5.38. The second-order valence-electron chi connectivity index (χ2n) is 1.84. The monoisotopic (exact) mass is 92.1 g/mol. The van der Waals surface area contributed by atoms with Gasteiger partial charge in [0.25, 0.3) is 0 Å². The van der Waals surface area contributed by atoms with Gasteiger partial charge in [-0.2, -0.15) is 0 Å².